The zero-order chi connectivity index (χ0) is 24.3. The van der Waals surface area contributed by atoms with E-state index in [4.69, 9.17) is 9.47 Å². The van der Waals surface area contributed by atoms with E-state index in [-0.39, 0.29) is 5.91 Å². The SMILES string of the molecule is CCCCNc1nc(NCCCC)nc(NCCOCCOCCNC(=O)c2ccccc2)n1. The molecule has 2 aromatic rings. The van der Waals surface area contributed by atoms with Crippen LogP contribution in [0.1, 0.15) is 49.9 Å². The molecule has 0 fully saturated rings. The minimum absolute atomic E-state index is 0.0997. The number of carbonyl (C=O) groups is 1. The standard InChI is InChI=1S/C24H39N7O3/c1-3-5-12-26-22-29-23(27-13-6-4-2)31-24(30-22)28-15-17-34-19-18-33-16-14-25-21(32)20-10-8-7-9-11-20/h7-11H,3-6,12-19H2,1-2H3,(H,25,32)(H3,26,27,28,29,30,31). The topological polar surface area (TPSA) is 122 Å². The Morgan fingerprint density at radius 1 is 0.706 bits per heavy atom. The molecule has 0 spiro atoms. The molecule has 10 heteroatoms. The zero-order valence-corrected chi connectivity index (χ0v) is 20.4. The molecule has 1 aromatic carbocycles. The first kappa shape index (κ1) is 27.3. The molecule has 2 rings (SSSR count). The van der Waals surface area contributed by atoms with Gasteiger partial charge in [-0.25, -0.2) is 0 Å². The lowest BCUT2D eigenvalue weighted by molar-refractivity contribution is 0.0519. The molecule has 0 saturated heterocycles. The van der Waals surface area contributed by atoms with Gasteiger partial charge in [0.25, 0.3) is 5.91 Å². The maximum absolute atomic E-state index is 11.9. The first-order valence-electron chi connectivity index (χ1n) is 12.2. The van der Waals surface area contributed by atoms with Gasteiger partial charge in [-0.15, -0.1) is 0 Å². The molecule has 0 atom stereocenters. The van der Waals surface area contributed by atoms with Crippen molar-refractivity contribution >= 4 is 23.8 Å². The minimum Gasteiger partial charge on any atom is -0.377 e. The van der Waals surface area contributed by atoms with Gasteiger partial charge in [-0.3, -0.25) is 4.79 Å². The Balaban J connectivity index is 1.58. The van der Waals surface area contributed by atoms with E-state index in [2.05, 4.69) is 50.1 Å². The van der Waals surface area contributed by atoms with E-state index < -0.39 is 0 Å². The van der Waals surface area contributed by atoms with Gasteiger partial charge >= 0.3 is 0 Å². The second-order valence-electron chi connectivity index (χ2n) is 7.64. The summed E-state index contributed by atoms with van der Waals surface area (Å²) in [7, 11) is 0. The van der Waals surface area contributed by atoms with Crippen LogP contribution in [0.2, 0.25) is 0 Å². The lowest BCUT2D eigenvalue weighted by atomic mass is 10.2. The molecule has 0 saturated carbocycles. The monoisotopic (exact) mass is 473 g/mol. The van der Waals surface area contributed by atoms with Crippen LogP contribution in [-0.4, -0.2) is 73.5 Å². The summed E-state index contributed by atoms with van der Waals surface area (Å²) >= 11 is 0. The molecule has 0 aliphatic heterocycles. The fraction of sp³-hybridized carbons (Fsp3) is 0.583. The van der Waals surface area contributed by atoms with Gasteiger partial charge in [0.15, 0.2) is 0 Å². The zero-order valence-electron chi connectivity index (χ0n) is 20.4. The lowest BCUT2D eigenvalue weighted by Crippen LogP contribution is -2.27. The summed E-state index contributed by atoms with van der Waals surface area (Å²) in [6.45, 7) is 8.84. The molecule has 188 valence electrons. The smallest absolute Gasteiger partial charge is 0.251 e. The number of benzene rings is 1. The molecule has 34 heavy (non-hydrogen) atoms. The van der Waals surface area contributed by atoms with Gasteiger partial charge in [0.2, 0.25) is 17.8 Å². The molecule has 0 radical (unpaired) electrons. The summed E-state index contributed by atoms with van der Waals surface area (Å²) < 4.78 is 11.1. The van der Waals surface area contributed by atoms with Crippen LogP contribution in [0.15, 0.2) is 30.3 Å². The highest BCUT2D eigenvalue weighted by atomic mass is 16.5. The molecular weight excluding hydrogens is 434 g/mol. The molecule has 0 aliphatic carbocycles. The Morgan fingerprint density at radius 3 is 1.74 bits per heavy atom. The molecule has 4 N–H and O–H groups in total. The summed E-state index contributed by atoms with van der Waals surface area (Å²) in [5.41, 5.74) is 0.643. The number of hydrogen-bond acceptors (Lipinski definition) is 9. The number of rotatable bonds is 19. The van der Waals surface area contributed by atoms with E-state index in [1.807, 2.05) is 18.2 Å². The van der Waals surface area contributed by atoms with Crippen molar-refractivity contribution in [3.05, 3.63) is 35.9 Å². The third-order valence-electron chi connectivity index (χ3n) is 4.73. The Morgan fingerprint density at radius 2 is 1.21 bits per heavy atom. The molecule has 1 heterocycles. The highest BCUT2D eigenvalue weighted by Crippen LogP contribution is 2.10. The lowest BCUT2D eigenvalue weighted by Gasteiger charge is -2.11. The van der Waals surface area contributed by atoms with Crippen molar-refractivity contribution in [2.24, 2.45) is 0 Å². The maximum atomic E-state index is 11.9. The van der Waals surface area contributed by atoms with Crippen LogP contribution in [0.5, 0.6) is 0 Å². The van der Waals surface area contributed by atoms with Crippen LogP contribution >= 0.6 is 0 Å². The van der Waals surface area contributed by atoms with Gasteiger partial charge in [-0.1, -0.05) is 44.9 Å². The molecule has 1 amide bonds. The average Bonchev–Trinajstić information content (AvgIpc) is 2.86. The van der Waals surface area contributed by atoms with E-state index in [1.165, 1.54) is 0 Å². The second kappa shape index (κ2) is 17.5. The number of hydrogen-bond donors (Lipinski definition) is 4. The van der Waals surface area contributed by atoms with Crippen molar-refractivity contribution in [3.63, 3.8) is 0 Å². The number of anilines is 3. The van der Waals surface area contributed by atoms with Crippen molar-refractivity contribution in [1.29, 1.82) is 0 Å². The fourth-order valence-electron chi connectivity index (χ4n) is 2.85. The molecular formula is C24H39N7O3. The summed E-state index contributed by atoms with van der Waals surface area (Å²) in [4.78, 5) is 25.2. The van der Waals surface area contributed by atoms with Crippen LogP contribution in [0.25, 0.3) is 0 Å². The largest absolute Gasteiger partial charge is 0.377 e. The van der Waals surface area contributed by atoms with Crippen LogP contribution in [0.4, 0.5) is 17.8 Å². The first-order chi connectivity index (χ1) is 16.7. The summed E-state index contributed by atoms with van der Waals surface area (Å²) in [5.74, 6) is 1.55. The molecule has 1 aromatic heterocycles. The van der Waals surface area contributed by atoms with Gasteiger partial charge in [-0.2, -0.15) is 15.0 Å². The number of unbranched alkanes of at least 4 members (excludes halogenated alkanes) is 2. The van der Waals surface area contributed by atoms with E-state index in [1.54, 1.807) is 12.1 Å². The van der Waals surface area contributed by atoms with Gasteiger partial charge in [0, 0.05) is 31.7 Å². The number of aromatic nitrogens is 3. The van der Waals surface area contributed by atoms with Gasteiger partial charge in [0.1, 0.15) is 0 Å². The number of carbonyl (C=O) groups excluding carboxylic acids is 1. The van der Waals surface area contributed by atoms with Gasteiger partial charge in [-0.05, 0) is 25.0 Å². The number of nitrogens with zero attached hydrogens (tertiary/aromatic N) is 3. The summed E-state index contributed by atoms with van der Waals surface area (Å²) in [6.07, 6.45) is 4.33. The van der Waals surface area contributed by atoms with Crippen LogP contribution in [-0.2, 0) is 9.47 Å². The molecule has 0 bridgehead atoms. The Hall–Kier alpha value is -2.98. The molecule has 0 aliphatic rings. The van der Waals surface area contributed by atoms with Crippen molar-refractivity contribution < 1.29 is 14.3 Å². The van der Waals surface area contributed by atoms with Crippen molar-refractivity contribution in [3.8, 4) is 0 Å². The van der Waals surface area contributed by atoms with E-state index >= 15 is 0 Å². The van der Waals surface area contributed by atoms with Crippen molar-refractivity contribution in [1.82, 2.24) is 20.3 Å². The van der Waals surface area contributed by atoms with Crippen LogP contribution in [0, 0.1) is 0 Å². The van der Waals surface area contributed by atoms with Gasteiger partial charge < -0.3 is 30.7 Å². The number of nitrogens with one attached hydrogen (secondary N) is 4. The van der Waals surface area contributed by atoms with Gasteiger partial charge in [0.05, 0.1) is 26.4 Å². The summed E-state index contributed by atoms with van der Waals surface area (Å²) in [6, 6.07) is 9.12. The minimum atomic E-state index is -0.0997. The van der Waals surface area contributed by atoms with E-state index in [9.17, 15) is 4.79 Å². The third-order valence-corrected chi connectivity index (χ3v) is 4.73. The quantitative estimate of drug-likeness (QED) is 0.228. The number of amides is 1. The average molecular weight is 474 g/mol. The van der Waals surface area contributed by atoms with E-state index in [0.717, 1.165) is 38.8 Å². The van der Waals surface area contributed by atoms with Crippen LogP contribution < -0.4 is 21.3 Å². The van der Waals surface area contributed by atoms with Crippen LogP contribution in [0.3, 0.4) is 0 Å². The number of ether oxygens (including phenoxy) is 2. The van der Waals surface area contributed by atoms with Crippen molar-refractivity contribution in [2.45, 2.75) is 39.5 Å². The third kappa shape index (κ3) is 11.8. The van der Waals surface area contributed by atoms with Crippen molar-refractivity contribution in [2.75, 3.05) is 68.6 Å². The predicted octanol–water partition coefficient (Wildman–Crippen LogP) is 3.17. The molecule has 10 nitrogen and oxygen atoms in total. The Kier molecular flexibility index (Phi) is 14.0. The first-order valence-corrected chi connectivity index (χ1v) is 12.2. The normalized spacial score (nSPS) is 10.6. The molecule has 0 unspecified atom stereocenters. The predicted molar refractivity (Wildman–Crippen MR) is 136 cm³/mol. The highest BCUT2D eigenvalue weighted by molar-refractivity contribution is 5.94. The maximum Gasteiger partial charge on any atom is 0.251 e. The Labute approximate surface area is 202 Å². The highest BCUT2D eigenvalue weighted by Gasteiger charge is 2.06. The summed E-state index contributed by atoms with van der Waals surface area (Å²) in [5, 5.41) is 12.5. The van der Waals surface area contributed by atoms with E-state index in [0.29, 0.717) is 62.9 Å². The second-order valence-corrected chi connectivity index (χ2v) is 7.64. The fourth-order valence-corrected chi connectivity index (χ4v) is 2.85. The Bertz CT molecular complexity index is 780.